The summed E-state index contributed by atoms with van der Waals surface area (Å²) in [7, 11) is 0. The quantitative estimate of drug-likeness (QED) is 0.639. The average molecular weight is 252 g/mol. The van der Waals surface area contributed by atoms with E-state index in [1.54, 1.807) is 6.07 Å². The van der Waals surface area contributed by atoms with Gasteiger partial charge in [-0.15, -0.1) is 0 Å². The first-order valence-electron chi connectivity index (χ1n) is 5.42. The normalized spacial score (nSPS) is 11.7. The van der Waals surface area contributed by atoms with Crippen LogP contribution >= 0.6 is 0 Å². The van der Waals surface area contributed by atoms with Crippen LogP contribution in [0.15, 0.2) is 18.2 Å². The summed E-state index contributed by atoms with van der Waals surface area (Å²) < 4.78 is 0. The molecule has 0 aromatic heterocycles. The summed E-state index contributed by atoms with van der Waals surface area (Å²) in [6.07, 6.45) is 0. The number of carboxylic acids is 1. The second-order valence-electron chi connectivity index (χ2n) is 3.99. The highest BCUT2D eigenvalue weighted by Gasteiger charge is 2.18. The Morgan fingerprint density at radius 3 is 2.56 bits per heavy atom. The maximum atomic E-state index is 11.6. The molecular formula is C12H16N2O4. The molecule has 0 saturated heterocycles. The van der Waals surface area contributed by atoms with Gasteiger partial charge in [-0.25, -0.2) is 9.59 Å². The fourth-order valence-electron chi connectivity index (χ4n) is 1.37. The molecule has 0 spiro atoms. The van der Waals surface area contributed by atoms with Gasteiger partial charge >= 0.3 is 12.0 Å². The smallest absolute Gasteiger partial charge is 0.328 e. The number of hydrogen-bond donors (Lipinski definition) is 4. The molecule has 0 aliphatic carbocycles. The Balaban J connectivity index is 2.70. The summed E-state index contributed by atoms with van der Waals surface area (Å²) >= 11 is 0. The number of aryl methyl sites for hydroxylation is 2. The first-order valence-corrected chi connectivity index (χ1v) is 5.42. The zero-order valence-corrected chi connectivity index (χ0v) is 10.2. The first-order chi connectivity index (χ1) is 8.43. The third kappa shape index (κ3) is 3.74. The van der Waals surface area contributed by atoms with E-state index in [1.807, 2.05) is 26.0 Å². The molecule has 18 heavy (non-hydrogen) atoms. The SMILES string of the molecule is Cc1ccc(C)c(NC(=O)N[C@H](CO)C(=O)O)c1. The number of benzene rings is 1. The molecule has 4 N–H and O–H groups in total. The first kappa shape index (κ1) is 14.0. The van der Waals surface area contributed by atoms with Crippen molar-refractivity contribution in [1.82, 2.24) is 5.32 Å². The highest BCUT2D eigenvalue weighted by Crippen LogP contribution is 2.15. The molecular weight excluding hydrogens is 236 g/mol. The summed E-state index contributed by atoms with van der Waals surface area (Å²) in [6.45, 7) is 3.06. The van der Waals surface area contributed by atoms with E-state index >= 15 is 0 Å². The molecule has 0 saturated carbocycles. The fraction of sp³-hybridized carbons (Fsp3) is 0.333. The van der Waals surface area contributed by atoms with Gasteiger partial charge in [-0.3, -0.25) is 0 Å². The molecule has 2 amide bonds. The monoisotopic (exact) mass is 252 g/mol. The van der Waals surface area contributed by atoms with Crippen LogP contribution in [0.2, 0.25) is 0 Å². The topological polar surface area (TPSA) is 98.7 Å². The summed E-state index contributed by atoms with van der Waals surface area (Å²) in [5, 5.41) is 22.2. The molecule has 0 aliphatic rings. The molecule has 1 rings (SSSR count). The van der Waals surface area contributed by atoms with Gasteiger partial charge in [0.25, 0.3) is 0 Å². The lowest BCUT2D eigenvalue weighted by molar-refractivity contribution is -0.140. The van der Waals surface area contributed by atoms with Crippen LogP contribution in [0.1, 0.15) is 11.1 Å². The molecule has 1 atom stereocenters. The molecule has 0 aliphatic heterocycles. The lowest BCUT2D eigenvalue weighted by Gasteiger charge is -2.14. The summed E-state index contributed by atoms with van der Waals surface area (Å²) in [5.41, 5.74) is 2.45. The van der Waals surface area contributed by atoms with Crippen molar-refractivity contribution >= 4 is 17.7 Å². The van der Waals surface area contributed by atoms with Crippen LogP contribution in [0.25, 0.3) is 0 Å². The number of nitrogens with one attached hydrogen (secondary N) is 2. The minimum atomic E-state index is -1.31. The van der Waals surface area contributed by atoms with E-state index in [1.165, 1.54) is 0 Å². The predicted octanol–water partition coefficient (Wildman–Crippen LogP) is 0.870. The Bertz CT molecular complexity index is 459. The van der Waals surface area contributed by atoms with Gasteiger partial charge in [0, 0.05) is 5.69 Å². The minimum Gasteiger partial charge on any atom is -0.480 e. The van der Waals surface area contributed by atoms with Crippen molar-refractivity contribution in [2.24, 2.45) is 0 Å². The number of rotatable bonds is 4. The second kappa shape index (κ2) is 6.02. The Hall–Kier alpha value is -2.08. The van der Waals surface area contributed by atoms with Crippen LogP contribution in [0, 0.1) is 13.8 Å². The number of aliphatic hydroxyl groups excluding tert-OH is 1. The molecule has 0 heterocycles. The van der Waals surface area contributed by atoms with Crippen LogP contribution in [0.3, 0.4) is 0 Å². The highest BCUT2D eigenvalue weighted by molar-refractivity contribution is 5.92. The number of carbonyl (C=O) groups excluding carboxylic acids is 1. The van der Waals surface area contributed by atoms with Crippen LogP contribution in [-0.2, 0) is 4.79 Å². The molecule has 0 radical (unpaired) electrons. The van der Waals surface area contributed by atoms with Gasteiger partial charge in [0.05, 0.1) is 6.61 Å². The number of aliphatic hydroxyl groups is 1. The van der Waals surface area contributed by atoms with E-state index in [0.717, 1.165) is 11.1 Å². The zero-order valence-electron chi connectivity index (χ0n) is 10.2. The Morgan fingerprint density at radius 2 is 2.00 bits per heavy atom. The molecule has 6 heteroatoms. The van der Waals surface area contributed by atoms with Crippen molar-refractivity contribution in [3.8, 4) is 0 Å². The van der Waals surface area contributed by atoms with Gasteiger partial charge < -0.3 is 20.8 Å². The number of carbonyl (C=O) groups is 2. The van der Waals surface area contributed by atoms with Crippen LogP contribution in [-0.4, -0.2) is 34.9 Å². The van der Waals surface area contributed by atoms with Crippen molar-refractivity contribution in [1.29, 1.82) is 0 Å². The number of hydrogen-bond acceptors (Lipinski definition) is 3. The third-order valence-corrected chi connectivity index (χ3v) is 2.43. The summed E-state index contributed by atoms with van der Waals surface area (Å²) in [5.74, 6) is -1.28. The van der Waals surface area contributed by atoms with Crippen LogP contribution < -0.4 is 10.6 Å². The van der Waals surface area contributed by atoms with Gasteiger partial charge in [-0.2, -0.15) is 0 Å². The minimum absolute atomic E-state index is 0.606. The Kier molecular flexibility index (Phi) is 4.67. The number of aliphatic carboxylic acids is 1. The standard InChI is InChI=1S/C12H16N2O4/c1-7-3-4-8(2)9(5-7)13-12(18)14-10(6-15)11(16)17/h3-5,10,15H,6H2,1-2H3,(H,16,17)(H2,13,14,18)/t10-/m1/s1. The van der Waals surface area contributed by atoms with E-state index in [-0.39, 0.29) is 0 Å². The van der Waals surface area contributed by atoms with Gasteiger partial charge in [-0.05, 0) is 31.0 Å². The Morgan fingerprint density at radius 1 is 1.33 bits per heavy atom. The van der Waals surface area contributed by atoms with Crippen molar-refractivity contribution in [3.63, 3.8) is 0 Å². The van der Waals surface area contributed by atoms with Crippen molar-refractivity contribution in [2.75, 3.05) is 11.9 Å². The number of anilines is 1. The van der Waals surface area contributed by atoms with E-state index in [9.17, 15) is 9.59 Å². The van der Waals surface area contributed by atoms with Gasteiger partial charge in [0.1, 0.15) is 0 Å². The van der Waals surface area contributed by atoms with Crippen LogP contribution in [0.4, 0.5) is 10.5 Å². The second-order valence-corrected chi connectivity index (χ2v) is 3.99. The highest BCUT2D eigenvalue weighted by atomic mass is 16.4. The van der Waals surface area contributed by atoms with Gasteiger partial charge in [0.2, 0.25) is 0 Å². The lowest BCUT2D eigenvalue weighted by Crippen LogP contribution is -2.45. The van der Waals surface area contributed by atoms with E-state index in [0.29, 0.717) is 5.69 Å². The van der Waals surface area contributed by atoms with Crippen molar-refractivity contribution in [2.45, 2.75) is 19.9 Å². The summed E-state index contributed by atoms with van der Waals surface area (Å²) in [6, 6.07) is 3.57. The Labute approximate surface area is 105 Å². The molecule has 98 valence electrons. The van der Waals surface area contributed by atoms with Crippen molar-refractivity contribution in [3.05, 3.63) is 29.3 Å². The summed E-state index contributed by atoms with van der Waals surface area (Å²) in [4.78, 5) is 22.2. The fourth-order valence-corrected chi connectivity index (χ4v) is 1.37. The number of amides is 2. The number of carboxylic acid groups (broad SMARTS) is 1. The van der Waals surface area contributed by atoms with E-state index in [2.05, 4.69) is 10.6 Å². The maximum Gasteiger partial charge on any atom is 0.328 e. The molecule has 1 aromatic carbocycles. The van der Waals surface area contributed by atoms with Crippen LogP contribution in [0.5, 0.6) is 0 Å². The molecule has 1 aromatic rings. The predicted molar refractivity (Wildman–Crippen MR) is 66.6 cm³/mol. The molecule has 6 nitrogen and oxygen atoms in total. The van der Waals surface area contributed by atoms with Gasteiger partial charge in [-0.1, -0.05) is 12.1 Å². The molecule has 0 fully saturated rings. The lowest BCUT2D eigenvalue weighted by atomic mass is 10.1. The largest absolute Gasteiger partial charge is 0.480 e. The van der Waals surface area contributed by atoms with E-state index < -0.39 is 24.6 Å². The van der Waals surface area contributed by atoms with Gasteiger partial charge in [0.15, 0.2) is 6.04 Å². The van der Waals surface area contributed by atoms with E-state index in [4.69, 9.17) is 10.2 Å². The average Bonchev–Trinajstić information content (AvgIpc) is 2.30. The third-order valence-electron chi connectivity index (χ3n) is 2.43. The molecule has 0 bridgehead atoms. The maximum absolute atomic E-state index is 11.6. The zero-order chi connectivity index (χ0) is 13.7. The molecule has 0 unspecified atom stereocenters. The van der Waals surface area contributed by atoms with Crippen molar-refractivity contribution < 1.29 is 19.8 Å². The number of urea groups is 1.